The van der Waals surface area contributed by atoms with Crippen LogP contribution in [0.25, 0.3) is 0 Å². The monoisotopic (exact) mass is 307 g/mol. The number of anilines is 2. The Kier molecular flexibility index (Phi) is 5.04. The van der Waals surface area contributed by atoms with E-state index in [0.717, 1.165) is 23.7 Å². The Hall–Kier alpha value is -2.22. The highest BCUT2D eigenvalue weighted by Crippen LogP contribution is 2.24. The molecule has 2 N–H and O–H groups in total. The minimum atomic E-state index is -0.439. The highest BCUT2D eigenvalue weighted by Gasteiger charge is 2.16. The predicted molar refractivity (Wildman–Crippen MR) is 83.8 cm³/mol. The number of thiazole rings is 1. The van der Waals surface area contributed by atoms with E-state index in [9.17, 15) is 10.1 Å². The molecule has 2 heterocycles. The smallest absolute Gasteiger partial charge is 0.311 e. The maximum absolute atomic E-state index is 11.1. The lowest BCUT2D eigenvalue weighted by Crippen LogP contribution is -2.08. The van der Waals surface area contributed by atoms with Crippen LogP contribution < -0.4 is 10.6 Å². The third-order valence-electron chi connectivity index (χ3n) is 2.73. The maximum Gasteiger partial charge on any atom is 0.311 e. The summed E-state index contributed by atoms with van der Waals surface area (Å²) in [5.41, 5.74) is 0.810. The molecule has 0 fully saturated rings. The van der Waals surface area contributed by atoms with E-state index in [1.165, 1.54) is 6.07 Å². The molecular formula is C13H17N5O2S. The number of nitrogens with one attached hydrogen (secondary N) is 2. The van der Waals surface area contributed by atoms with E-state index in [4.69, 9.17) is 0 Å². The zero-order chi connectivity index (χ0) is 15.2. The summed E-state index contributed by atoms with van der Waals surface area (Å²) in [5, 5.41) is 20.1. The van der Waals surface area contributed by atoms with Crippen molar-refractivity contribution < 1.29 is 4.92 Å². The number of hydrogen-bond donors (Lipinski definition) is 2. The number of nitro groups is 1. The maximum atomic E-state index is 11.1. The SMILES string of the molecule is CCCNc1ccc([N+](=O)[O-])c(NCc2csc(C)n2)n1. The quantitative estimate of drug-likeness (QED) is 0.603. The van der Waals surface area contributed by atoms with Gasteiger partial charge in [0.2, 0.25) is 5.82 Å². The van der Waals surface area contributed by atoms with Crippen LogP contribution in [0.4, 0.5) is 17.3 Å². The molecule has 0 unspecified atom stereocenters. The molecule has 112 valence electrons. The third-order valence-corrected chi connectivity index (χ3v) is 3.55. The van der Waals surface area contributed by atoms with Gasteiger partial charge in [-0.2, -0.15) is 0 Å². The lowest BCUT2D eigenvalue weighted by molar-refractivity contribution is -0.384. The summed E-state index contributed by atoms with van der Waals surface area (Å²) in [6.07, 6.45) is 0.958. The first kappa shape index (κ1) is 15.2. The van der Waals surface area contributed by atoms with E-state index in [2.05, 4.69) is 20.6 Å². The van der Waals surface area contributed by atoms with Crippen LogP contribution in [0.3, 0.4) is 0 Å². The molecule has 8 heteroatoms. The van der Waals surface area contributed by atoms with Gasteiger partial charge in [-0.15, -0.1) is 11.3 Å². The van der Waals surface area contributed by atoms with Gasteiger partial charge in [0, 0.05) is 18.0 Å². The first-order chi connectivity index (χ1) is 10.1. The van der Waals surface area contributed by atoms with Gasteiger partial charge in [0.05, 0.1) is 22.2 Å². The van der Waals surface area contributed by atoms with Crippen molar-refractivity contribution in [2.75, 3.05) is 17.2 Å². The summed E-state index contributed by atoms with van der Waals surface area (Å²) in [5.74, 6) is 0.881. The largest absolute Gasteiger partial charge is 0.370 e. The van der Waals surface area contributed by atoms with E-state index in [1.54, 1.807) is 17.4 Å². The molecule has 0 spiro atoms. The van der Waals surface area contributed by atoms with E-state index in [-0.39, 0.29) is 11.5 Å². The molecule has 7 nitrogen and oxygen atoms in total. The number of rotatable bonds is 7. The molecule has 0 bridgehead atoms. The van der Waals surface area contributed by atoms with Crippen LogP contribution in [0.1, 0.15) is 24.0 Å². The van der Waals surface area contributed by atoms with E-state index < -0.39 is 4.92 Å². The third kappa shape index (κ3) is 4.12. The normalized spacial score (nSPS) is 10.4. The first-order valence-corrected chi connectivity index (χ1v) is 7.52. The van der Waals surface area contributed by atoms with Crippen molar-refractivity contribution >= 4 is 28.7 Å². The van der Waals surface area contributed by atoms with Crippen molar-refractivity contribution in [2.24, 2.45) is 0 Å². The van der Waals surface area contributed by atoms with Crippen LogP contribution in [0, 0.1) is 17.0 Å². The number of nitrogens with zero attached hydrogens (tertiary/aromatic N) is 3. The Balaban J connectivity index is 2.15. The lowest BCUT2D eigenvalue weighted by Gasteiger charge is -2.08. The van der Waals surface area contributed by atoms with Gasteiger partial charge in [-0.3, -0.25) is 10.1 Å². The zero-order valence-electron chi connectivity index (χ0n) is 11.9. The molecule has 21 heavy (non-hydrogen) atoms. The molecule has 0 aromatic carbocycles. The predicted octanol–water partition coefficient (Wildman–Crippen LogP) is 3.19. The summed E-state index contributed by atoms with van der Waals surface area (Å²) < 4.78 is 0. The number of aromatic nitrogens is 2. The van der Waals surface area contributed by atoms with Crippen LogP contribution in [-0.2, 0) is 6.54 Å². The molecule has 2 aromatic rings. The molecule has 0 aliphatic heterocycles. The number of hydrogen-bond acceptors (Lipinski definition) is 7. The van der Waals surface area contributed by atoms with Crippen LogP contribution in [0.5, 0.6) is 0 Å². The highest BCUT2D eigenvalue weighted by molar-refractivity contribution is 7.09. The van der Waals surface area contributed by atoms with Crippen molar-refractivity contribution in [2.45, 2.75) is 26.8 Å². The van der Waals surface area contributed by atoms with Crippen LogP contribution >= 0.6 is 11.3 Å². The minimum absolute atomic E-state index is 0.0380. The summed E-state index contributed by atoms with van der Waals surface area (Å²) in [4.78, 5) is 19.2. The van der Waals surface area contributed by atoms with Crippen molar-refractivity contribution in [1.82, 2.24) is 9.97 Å². The summed E-state index contributed by atoms with van der Waals surface area (Å²) in [6.45, 7) is 5.15. The van der Waals surface area contributed by atoms with Crippen molar-refractivity contribution in [3.8, 4) is 0 Å². The Morgan fingerprint density at radius 3 is 2.76 bits per heavy atom. The topological polar surface area (TPSA) is 93.0 Å². The fraction of sp³-hybridized carbons (Fsp3) is 0.385. The Bertz CT molecular complexity index is 629. The summed E-state index contributed by atoms with van der Waals surface area (Å²) in [7, 11) is 0. The molecule has 0 aliphatic carbocycles. The van der Waals surface area contributed by atoms with Gasteiger partial charge in [-0.1, -0.05) is 6.92 Å². The van der Waals surface area contributed by atoms with Gasteiger partial charge in [-0.25, -0.2) is 9.97 Å². The standard InChI is InChI=1S/C13H17N5O2S/c1-3-6-14-12-5-4-11(18(19)20)13(17-12)15-7-10-8-21-9(2)16-10/h4-5,8H,3,6-7H2,1-2H3,(H2,14,15,17). The minimum Gasteiger partial charge on any atom is -0.370 e. The summed E-state index contributed by atoms with van der Waals surface area (Å²) >= 11 is 1.55. The molecule has 0 atom stereocenters. The Labute approximate surface area is 126 Å². The zero-order valence-corrected chi connectivity index (χ0v) is 12.7. The second-order valence-corrected chi connectivity index (χ2v) is 5.52. The van der Waals surface area contributed by atoms with E-state index in [0.29, 0.717) is 12.4 Å². The average molecular weight is 307 g/mol. The first-order valence-electron chi connectivity index (χ1n) is 6.64. The molecular weight excluding hydrogens is 290 g/mol. The average Bonchev–Trinajstić information content (AvgIpc) is 2.88. The van der Waals surface area contributed by atoms with Crippen molar-refractivity contribution in [3.05, 3.63) is 38.3 Å². The Morgan fingerprint density at radius 1 is 1.33 bits per heavy atom. The van der Waals surface area contributed by atoms with Crippen LogP contribution in [-0.4, -0.2) is 21.4 Å². The molecule has 0 radical (unpaired) electrons. The molecule has 0 saturated carbocycles. The van der Waals surface area contributed by atoms with Crippen LogP contribution in [0.15, 0.2) is 17.5 Å². The molecule has 0 saturated heterocycles. The molecule has 2 rings (SSSR count). The molecule has 2 aromatic heterocycles. The molecule has 0 amide bonds. The highest BCUT2D eigenvalue weighted by atomic mass is 32.1. The van der Waals surface area contributed by atoms with Gasteiger partial charge in [0.15, 0.2) is 0 Å². The number of aryl methyl sites for hydroxylation is 1. The van der Waals surface area contributed by atoms with Crippen molar-refractivity contribution in [1.29, 1.82) is 0 Å². The summed E-state index contributed by atoms with van der Waals surface area (Å²) in [6, 6.07) is 3.07. The Morgan fingerprint density at radius 2 is 2.14 bits per heavy atom. The second kappa shape index (κ2) is 6.98. The van der Waals surface area contributed by atoms with Gasteiger partial charge in [0.25, 0.3) is 0 Å². The molecule has 0 aliphatic rings. The van der Waals surface area contributed by atoms with E-state index in [1.807, 2.05) is 19.2 Å². The van der Waals surface area contributed by atoms with Gasteiger partial charge < -0.3 is 10.6 Å². The van der Waals surface area contributed by atoms with Crippen molar-refractivity contribution in [3.63, 3.8) is 0 Å². The fourth-order valence-electron chi connectivity index (χ4n) is 1.74. The fourth-order valence-corrected chi connectivity index (χ4v) is 2.36. The van der Waals surface area contributed by atoms with Crippen LogP contribution in [0.2, 0.25) is 0 Å². The van der Waals surface area contributed by atoms with Gasteiger partial charge in [-0.05, 0) is 19.4 Å². The van der Waals surface area contributed by atoms with Gasteiger partial charge >= 0.3 is 5.69 Å². The lowest BCUT2D eigenvalue weighted by atomic mass is 10.3. The number of pyridine rings is 1. The second-order valence-electron chi connectivity index (χ2n) is 4.46. The van der Waals surface area contributed by atoms with Gasteiger partial charge in [0.1, 0.15) is 5.82 Å². The van der Waals surface area contributed by atoms with E-state index >= 15 is 0 Å².